The van der Waals surface area contributed by atoms with Crippen molar-refractivity contribution in [3.63, 3.8) is 0 Å². The Bertz CT molecular complexity index is 749. The molecule has 1 unspecified atom stereocenters. The predicted octanol–water partition coefficient (Wildman–Crippen LogP) is 2.86. The van der Waals surface area contributed by atoms with Gasteiger partial charge < -0.3 is 10.8 Å². The van der Waals surface area contributed by atoms with Crippen molar-refractivity contribution in [3.05, 3.63) is 76.4 Å². The number of aliphatic hydroxyl groups is 1. The summed E-state index contributed by atoms with van der Waals surface area (Å²) in [5, 5.41) is 12.5. The van der Waals surface area contributed by atoms with Crippen LogP contribution in [0, 0.1) is 0 Å². The van der Waals surface area contributed by atoms with Crippen LogP contribution in [0.15, 0.2) is 60.1 Å². The SMILES string of the molecule is Nc1ccnc(CN(Cc2ccccc2)CC(O)c2cccs2)n1. The smallest absolute Gasteiger partial charge is 0.144 e. The van der Waals surface area contributed by atoms with Crippen molar-refractivity contribution >= 4 is 17.2 Å². The molecule has 2 heterocycles. The van der Waals surface area contributed by atoms with Gasteiger partial charge in [-0.15, -0.1) is 11.3 Å². The van der Waals surface area contributed by atoms with Crippen LogP contribution < -0.4 is 5.73 Å². The molecule has 0 aliphatic heterocycles. The van der Waals surface area contributed by atoms with E-state index in [0.717, 1.165) is 4.88 Å². The number of hydrogen-bond donors (Lipinski definition) is 2. The van der Waals surface area contributed by atoms with Gasteiger partial charge in [0.05, 0.1) is 6.54 Å². The lowest BCUT2D eigenvalue weighted by molar-refractivity contribution is 0.106. The van der Waals surface area contributed by atoms with E-state index >= 15 is 0 Å². The number of anilines is 1. The Morgan fingerprint density at radius 3 is 2.62 bits per heavy atom. The maximum atomic E-state index is 10.5. The van der Waals surface area contributed by atoms with Gasteiger partial charge in [0, 0.05) is 24.2 Å². The number of nitrogen functional groups attached to an aromatic ring is 1. The normalized spacial score (nSPS) is 12.4. The highest BCUT2D eigenvalue weighted by molar-refractivity contribution is 7.10. The highest BCUT2D eigenvalue weighted by Crippen LogP contribution is 2.21. The summed E-state index contributed by atoms with van der Waals surface area (Å²) >= 11 is 1.56. The topological polar surface area (TPSA) is 75.3 Å². The summed E-state index contributed by atoms with van der Waals surface area (Å²) in [4.78, 5) is 11.6. The van der Waals surface area contributed by atoms with Crippen molar-refractivity contribution < 1.29 is 5.11 Å². The molecule has 0 saturated heterocycles. The Morgan fingerprint density at radius 2 is 1.92 bits per heavy atom. The molecular formula is C18H20N4OS. The molecule has 24 heavy (non-hydrogen) atoms. The highest BCUT2D eigenvalue weighted by Gasteiger charge is 2.16. The van der Waals surface area contributed by atoms with Crippen LogP contribution in [0.5, 0.6) is 0 Å². The average Bonchev–Trinajstić information content (AvgIpc) is 3.10. The second kappa shape index (κ2) is 8.01. The van der Waals surface area contributed by atoms with Gasteiger partial charge in [0.25, 0.3) is 0 Å². The molecule has 6 heteroatoms. The molecule has 3 N–H and O–H groups in total. The monoisotopic (exact) mass is 340 g/mol. The predicted molar refractivity (Wildman–Crippen MR) is 96.3 cm³/mol. The lowest BCUT2D eigenvalue weighted by Crippen LogP contribution is -2.28. The number of aromatic nitrogens is 2. The van der Waals surface area contributed by atoms with E-state index in [2.05, 4.69) is 27.0 Å². The van der Waals surface area contributed by atoms with Crippen molar-refractivity contribution in [2.24, 2.45) is 0 Å². The third kappa shape index (κ3) is 4.61. The van der Waals surface area contributed by atoms with Crippen LogP contribution in [0.25, 0.3) is 0 Å². The van der Waals surface area contributed by atoms with Gasteiger partial charge in [0.1, 0.15) is 17.7 Å². The molecule has 0 aliphatic carbocycles. The van der Waals surface area contributed by atoms with E-state index in [9.17, 15) is 5.11 Å². The zero-order valence-corrected chi connectivity index (χ0v) is 14.1. The summed E-state index contributed by atoms with van der Waals surface area (Å²) in [6.45, 7) is 1.75. The van der Waals surface area contributed by atoms with Crippen LogP contribution in [0.1, 0.15) is 22.4 Å². The van der Waals surface area contributed by atoms with Crippen LogP contribution in [0.4, 0.5) is 5.82 Å². The zero-order valence-electron chi connectivity index (χ0n) is 13.2. The first-order valence-corrected chi connectivity index (χ1v) is 8.64. The molecule has 2 aromatic heterocycles. The third-order valence-corrected chi connectivity index (χ3v) is 4.62. The summed E-state index contributed by atoms with van der Waals surface area (Å²) in [6.07, 6.45) is 1.13. The quantitative estimate of drug-likeness (QED) is 0.692. The molecule has 3 rings (SSSR count). The van der Waals surface area contributed by atoms with Gasteiger partial charge >= 0.3 is 0 Å². The molecule has 1 atom stereocenters. The van der Waals surface area contributed by atoms with Gasteiger partial charge in [-0.3, -0.25) is 4.90 Å². The molecule has 0 saturated carbocycles. The number of rotatable bonds is 7. The fourth-order valence-corrected chi connectivity index (χ4v) is 3.24. The van der Waals surface area contributed by atoms with Crippen molar-refractivity contribution in [3.8, 4) is 0 Å². The van der Waals surface area contributed by atoms with Crippen LogP contribution in [0.3, 0.4) is 0 Å². The molecule has 0 fully saturated rings. The van der Waals surface area contributed by atoms with Crippen LogP contribution in [-0.2, 0) is 13.1 Å². The standard InChI is InChI=1S/C18H20N4OS/c19-17-8-9-20-18(21-17)13-22(11-14-5-2-1-3-6-14)12-15(23)16-7-4-10-24-16/h1-10,15,23H,11-13H2,(H2,19,20,21). The first-order valence-electron chi connectivity index (χ1n) is 7.76. The van der Waals surface area contributed by atoms with E-state index in [1.165, 1.54) is 5.56 Å². The van der Waals surface area contributed by atoms with E-state index in [1.807, 2.05) is 35.7 Å². The van der Waals surface area contributed by atoms with Crippen LogP contribution in [-0.4, -0.2) is 26.5 Å². The van der Waals surface area contributed by atoms with Gasteiger partial charge in [0.2, 0.25) is 0 Å². The Labute approximate surface area is 145 Å². The summed E-state index contributed by atoms with van der Waals surface area (Å²) in [5.41, 5.74) is 6.93. The minimum atomic E-state index is -0.533. The van der Waals surface area contributed by atoms with E-state index in [0.29, 0.717) is 31.3 Å². The number of thiophene rings is 1. The maximum absolute atomic E-state index is 10.5. The summed E-state index contributed by atoms with van der Waals surface area (Å²) in [7, 11) is 0. The van der Waals surface area contributed by atoms with E-state index in [-0.39, 0.29) is 0 Å². The Balaban J connectivity index is 1.75. The molecule has 124 valence electrons. The molecule has 1 aromatic carbocycles. The number of nitrogens with zero attached hydrogens (tertiary/aromatic N) is 3. The maximum Gasteiger partial charge on any atom is 0.144 e. The fourth-order valence-electron chi connectivity index (χ4n) is 2.53. The largest absolute Gasteiger partial charge is 0.386 e. The number of hydrogen-bond acceptors (Lipinski definition) is 6. The van der Waals surface area contributed by atoms with Crippen molar-refractivity contribution in [1.82, 2.24) is 14.9 Å². The van der Waals surface area contributed by atoms with Gasteiger partial charge in [-0.05, 0) is 23.1 Å². The molecular weight excluding hydrogens is 320 g/mol. The number of benzene rings is 1. The second-order valence-corrected chi connectivity index (χ2v) is 6.56. The Hall–Kier alpha value is -2.28. The van der Waals surface area contributed by atoms with Gasteiger partial charge in [0.15, 0.2) is 0 Å². The van der Waals surface area contributed by atoms with Crippen LogP contribution in [0.2, 0.25) is 0 Å². The molecule has 3 aromatic rings. The molecule has 0 spiro atoms. The first kappa shape index (κ1) is 16.6. The average molecular weight is 340 g/mol. The first-order chi connectivity index (χ1) is 11.7. The third-order valence-electron chi connectivity index (χ3n) is 3.64. The van der Waals surface area contributed by atoms with Crippen molar-refractivity contribution in [2.75, 3.05) is 12.3 Å². The fraction of sp³-hybridized carbons (Fsp3) is 0.222. The zero-order chi connectivity index (χ0) is 16.8. The van der Waals surface area contributed by atoms with Gasteiger partial charge in [-0.1, -0.05) is 36.4 Å². The minimum Gasteiger partial charge on any atom is -0.386 e. The highest BCUT2D eigenvalue weighted by atomic mass is 32.1. The summed E-state index contributed by atoms with van der Waals surface area (Å²) < 4.78 is 0. The molecule has 0 aliphatic rings. The number of aliphatic hydroxyl groups excluding tert-OH is 1. The van der Waals surface area contributed by atoms with E-state index in [1.54, 1.807) is 23.6 Å². The van der Waals surface area contributed by atoms with Crippen molar-refractivity contribution in [2.45, 2.75) is 19.2 Å². The Morgan fingerprint density at radius 1 is 1.08 bits per heavy atom. The van der Waals surface area contributed by atoms with Gasteiger partial charge in [-0.2, -0.15) is 0 Å². The van der Waals surface area contributed by atoms with Crippen LogP contribution >= 0.6 is 11.3 Å². The minimum absolute atomic E-state index is 0.457. The summed E-state index contributed by atoms with van der Waals surface area (Å²) in [5.74, 6) is 1.11. The number of nitrogens with two attached hydrogens (primary N) is 1. The summed E-state index contributed by atoms with van der Waals surface area (Å²) in [6, 6.07) is 15.7. The lowest BCUT2D eigenvalue weighted by atomic mass is 10.2. The second-order valence-electron chi connectivity index (χ2n) is 5.58. The van der Waals surface area contributed by atoms with Crippen molar-refractivity contribution in [1.29, 1.82) is 0 Å². The van der Waals surface area contributed by atoms with E-state index < -0.39 is 6.10 Å². The molecule has 0 radical (unpaired) electrons. The Kier molecular flexibility index (Phi) is 5.53. The lowest BCUT2D eigenvalue weighted by Gasteiger charge is -2.24. The molecule has 0 amide bonds. The molecule has 0 bridgehead atoms. The van der Waals surface area contributed by atoms with Gasteiger partial charge in [-0.25, -0.2) is 9.97 Å². The van der Waals surface area contributed by atoms with E-state index in [4.69, 9.17) is 5.73 Å². The molecule has 5 nitrogen and oxygen atoms in total.